The Hall–Kier alpha value is -2.40. The van der Waals surface area contributed by atoms with E-state index in [-0.39, 0.29) is 11.7 Å². The average Bonchev–Trinajstić information content (AvgIpc) is 2.94. The summed E-state index contributed by atoms with van der Waals surface area (Å²) in [6.45, 7) is 2.67. The number of ether oxygens (including phenoxy) is 1. The zero-order valence-corrected chi connectivity index (χ0v) is 14.4. The van der Waals surface area contributed by atoms with Gasteiger partial charge in [-0.15, -0.1) is 0 Å². The lowest BCUT2D eigenvalue weighted by molar-refractivity contribution is 0.0951. The number of likely N-dealkylation sites (tertiary alicyclic amines) is 1. The molecule has 1 amide bonds. The first-order chi connectivity index (χ1) is 12.1. The molecule has 2 aliphatic rings. The molecule has 2 aliphatic heterocycles. The van der Waals surface area contributed by atoms with Gasteiger partial charge in [-0.2, -0.15) is 0 Å². The minimum Gasteiger partial charge on any atom is -0.496 e. The number of halogens is 1. The summed E-state index contributed by atoms with van der Waals surface area (Å²) < 4.78 is 18.8. The van der Waals surface area contributed by atoms with Gasteiger partial charge in [-0.3, -0.25) is 4.79 Å². The van der Waals surface area contributed by atoms with Crippen molar-refractivity contribution in [2.24, 2.45) is 5.92 Å². The van der Waals surface area contributed by atoms with Crippen LogP contribution in [-0.2, 0) is 0 Å². The minimum absolute atomic E-state index is 0.0324. The summed E-state index contributed by atoms with van der Waals surface area (Å²) in [5, 5.41) is 3.05. The highest BCUT2D eigenvalue weighted by Crippen LogP contribution is 2.38. The van der Waals surface area contributed by atoms with E-state index in [2.05, 4.69) is 23.3 Å². The Labute approximate surface area is 146 Å². The summed E-state index contributed by atoms with van der Waals surface area (Å²) in [5.41, 5.74) is 3.46. The van der Waals surface area contributed by atoms with E-state index in [9.17, 15) is 9.18 Å². The molecule has 2 unspecified atom stereocenters. The fourth-order valence-corrected chi connectivity index (χ4v) is 4.11. The highest BCUT2D eigenvalue weighted by Gasteiger charge is 2.36. The van der Waals surface area contributed by atoms with Gasteiger partial charge in [0, 0.05) is 42.7 Å². The van der Waals surface area contributed by atoms with Crippen LogP contribution in [0, 0.1) is 11.7 Å². The van der Waals surface area contributed by atoms with Gasteiger partial charge in [-0.1, -0.05) is 12.1 Å². The molecule has 2 heterocycles. The molecule has 4 nitrogen and oxygen atoms in total. The number of nitrogens with one attached hydrogen (secondary N) is 1. The molecule has 1 N–H and O–H groups in total. The molecule has 2 aromatic rings. The van der Waals surface area contributed by atoms with E-state index >= 15 is 0 Å². The second-order valence-corrected chi connectivity index (χ2v) is 6.94. The summed E-state index contributed by atoms with van der Waals surface area (Å²) in [5.74, 6) is 0.900. The number of likely N-dealkylation sites (N-methyl/N-ethyl adjacent to an activating group) is 1. The maximum atomic E-state index is 13.5. The number of benzene rings is 2. The fourth-order valence-electron chi connectivity index (χ4n) is 4.11. The quantitative estimate of drug-likeness (QED) is 0.914. The maximum Gasteiger partial charge on any atom is 0.251 e. The first-order valence-corrected chi connectivity index (χ1v) is 8.51. The number of carbonyl (C=O) groups excluding carboxylic acids is 1. The molecular weight excluding hydrogens is 319 g/mol. The maximum absolute atomic E-state index is 13.5. The van der Waals surface area contributed by atoms with Crippen LogP contribution in [0.25, 0.3) is 11.1 Å². The monoisotopic (exact) mass is 340 g/mol. The smallest absolute Gasteiger partial charge is 0.251 e. The Balaban J connectivity index is 1.81. The Bertz CT molecular complexity index is 836. The minimum atomic E-state index is -0.343. The second kappa shape index (κ2) is 6.15. The van der Waals surface area contributed by atoms with E-state index in [1.807, 2.05) is 12.1 Å². The predicted molar refractivity (Wildman–Crippen MR) is 94.4 cm³/mol. The predicted octanol–water partition coefficient (Wildman–Crippen LogP) is 2.89. The second-order valence-electron chi connectivity index (χ2n) is 6.94. The third-order valence-electron chi connectivity index (χ3n) is 5.32. The van der Waals surface area contributed by atoms with Gasteiger partial charge < -0.3 is 15.0 Å². The van der Waals surface area contributed by atoms with E-state index in [1.165, 1.54) is 19.2 Å². The molecule has 0 aliphatic carbocycles. The number of methoxy groups -OCH3 is 1. The first-order valence-electron chi connectivity index (χ1n) is 8.51. The van der Waals surface area contributed by atoms with Gasteiger partial charge in [0.15, 0.2) is 0 Å². The standard InChI is InChI=1S/C20H21FN2O2/c1-23-10-13-9-22-20(24)17-7-12(3-5-16(17)18(13)11-23)15-6-4-14(21)8-19(15)25-2/h3-8,13,18H,9-11H2,1-2H3,(H,22,24). The molecule has 0 aromatic heterocycles. The summed E-state index contributed by atoms with van der Waals surface area (Å²) in [4.78, 5) is 14.9. The lowest BCUT2D eigenvalue weighted by atomic mass is 9.86. The van der Waals surface area contributed by atoms with Crippen molar-refractivity contribution >= 4 is 5.91 Å². The number of amides is 1. The third kappa shape index (κ3) is 2.78. The molecule has 0 radical (unpaired) electrons. The SMILES string of the molecule is COc1cc(F)ccc1-c1ccc2c(c1)C(=O)NCC1CN(C)CC21. The lowest BCUT2D eigenvalue weighted by Gasteiger charge is -2.17. The molecule has 0 bridgehead atoms. The number of nitrogens with zero attached hydrogens (tertiary/aromatic N) is 1. The van der Waals surface area contributed by atoms with Crippen LogP contribution in [0.1, 0.15) is 21.8 Å². The summed E-state index contributed by atoms with van der Waals surface area (Å²) in [6.07, 6.45) is 0. The largest absolute Gasteiger partial charge is 0.496 e. The number of rotatable bonds is 2. The van der Waals surface area contributed by atoms with Gasteiger partial charge in [0.05, 0.1) is 7.11 Å². The van der Waals surface area contributed by atoms with Crippen LogP contribution >= 0.6 is 0 Å². The van der Waals surface area contributed by atoms with Crippen molar-refractivity contribution in [2.45, 2.75) is 5.92 Å². The van der Waals surface area contributed by atoms with Crippen LogP contribution in [0.15, 0.2) is 36.4 Å². The topological polar surface area (TPSA) is 41.6 Å². The summed E-state index contributed by atoms with van der Waals surface area (Å²) in [6, 6.07) is 10.4. The van der Waals surface area contributed by atoms with E-state index in [1.54, 1.807) is 6.07 Å². The van der Waals surface area contributed by atoms with Crippen molar-refractivity contribution < 1.29 is 13.9 Å². The Morgan fingerprint density at radius 1 is 1.16 bits per heavy atom. The highest BCUT2D eigenvalue weighted by atomic mass is 19.1. The fraction of sp³-hybridized carbons (Fsp3) is 0.350. The Kier molecular flexibility index (Phi) is 3.96. The van der Waals surface area contributed by atoms with Gasteiger partial charge >= 0.3 is 0 Å². The van der Waals surface area contributed by atoms with Crippen LogP contribution in [0.2, 0.25) is 0 Å². The zero-order chi connectivity index (χ0) is 17.6. The number of carbonyl (C=O) groups is 1. The Morgan fingerprint density at radius 3 is 2.80 bits per heavy atom. The number of fused-ring (bicyclic) bond motifs is 3. The molecule has 1 saturated heterocycles. The molecule has 0 spiro atoms. The lowest BCUT2D eigenvalue weighted by Crippen LogP contribution is -2.29. The molecule has 4 rings (SSSR count). The molecule has 2 atom stereocenters. The number of hydrogen-bond donors (Lipinski definition) is 1. The van der Waals surface area contributed by atoms with Gasteiger partial charge in [0.2, 0.25) is 0 Å². The van der Waals surface area contributed by atoms with E-state index in [0.29, 0.717) is 29.7 Å². The molecule has 130 valence electrons. The van der Waals surface area contributed by atoms with Crippen LogP contribution in [-0.4, -0.2) is 44.6 Å². The van der Waals surface area contributed by atoms with Crippen LogP contribution < -0.4 is 10.1 Å². The van der Waals surface area contributed by atoms with Crippen LogP contribution in [0.4, 0.5) is 4.39 Å². The van der Waals surface area contributed by atoms with Crippen molar-refractivity contribution in [3.8, 4) is 16.9 Å². The van der Waals surface area contributed by atoms with Crippen LogP contribution in [0.3, 0.4) is 0 Å². The number of hydrogen-bond acceptors (Lipinski definition) is 3. The van der Waals surface area contributed by atoms with Gasteiger partial charge in [0.25, 0.3) is 5.91 Å². The van der Waals surface area contributed by atoms with Crippen molar-refractivity contribution in [3.05, 3.63) is 53.3 Å². The van der Waals surface area contributed by atoms with E-state index in [4.69, 9.17) is 4.74 Å². The Morgan fingerprint density at radius 2 is 2.00 bits per heavy atom. The van der Waals surface area contributed by atoms with Crippen molar-refractivity contribution in [1.82, 2.24) is 10.2 Å². The van der Waals surface area contributed by atoms with Gasteiger partial charge in [-0.05, 0) is 42.3 Å². The molecule has 1 fully saturated rings. The normalized spacial score (nSPS) is 22.8. The zero-order valence-electron chi connectivity index (χ0n) is 14.4. The van der Waals surface area contributed by atoms with Gasteiger partial charge in [0.1, 0.15) is 11.6 Å². The van der Waals surface area contributed by atoms with Crippen molar-refractivity contribution in [1.29, 1.82) is 0 Å². The summed E-state index contributed by atoms with van der Waals surface area (Å²) in [7, 11) is 3.64. The van der Waals surface area contributed by atoms with Crippen molar-refractivity contribution in [2.75, 3.05) is 33.8 Å². The molecule has 25 heavy (non-hydrogen) atoms. The molecule has 5 heteroatoms. The highest BCUT2D eigenvalue weighted by molar-refractivity contribution is 5.98. The van der Waals surface area contributed by atoms with E-state index < -0.39 is 0 Å². The van der Waals surface area contributed by atoms with Crippen LogP contribution in [0.5, 0.6) is 5.75 Å². The molecular formula is C20H21FN2O2. The first kappa shape index (κ1) is 16.1. The molecule has 0 saturated carbocycles. The van der Waals surface area contributed by atoms with Crippen molar-refractivity contribution in [3.63, 3.8) is 0 Å². The summed E-state index contributed by atoms with van der Waals surface area (Å²) >= 11 is 0. The van der Waals surface area contributed by atoms with E-state index in [0.717, 1.165) is 29.8 Å². The van der Waals surface area contributed by atoms with Gasteiger partial charge in [-0.25, -0.2) is 4.39 Å². The third-order valence-corrected chi connectivity index (χ3v) is 5.32. The average molecular weight is 340 g/mol. The molecule has 2 aromatic carbocycles.